The number of ether oxygens (including phenoxy) is 2. The van der Waals surface area contributed by atoms with Gasteiger partial charge in [-0.3, -0.25) is 4.55 Å². The lowest BCUT2D eigenvalue weighted by Crippen LogP contribution is -1.99. The van der Waals surface area contributed by atoms with Gasteiger partial charge in [0.1, 0.15) is 17.2 Å². The van der Waals surface area contributed by atoms with Gasteiger partial charge in [-0.25, -0.2) is 0 Å². The van der Waals surface area contributed by atoms with Gasteiger partial charge in [0.05, 0.1) is 24.8 Å². The minimum atomic E-state index is -4.23. The molecule has 0 saturated heterocycles. The predicted octanol–water partition coefficient (Wildman–Crippen LogP) is 5.42. The molecule has 0 spiro atoms. The Kier molecular flexibility index (Phi) is 6.34. The zero-order valence-electron chi connectivity index (χ0n) is 16.7. The summed E-state index contributed by atoms with van der Waals surface area (Å²) in [6.45, 7) is 1.90. The molecular weight excluding hydrogens is 406 g/mol. The second-order valence-corrected chi connectivity index (χ2v) is 7.78. The van der Waals surface area contributed by atoms with E-state index in [1.165, 1.54) is 12.1 Å². The van der Waals surface area contributed by atoms with Gasteiger partial charge in [0, 0.05) is 17.4 Å². The molecule has 2 N–H and O–H groups in total. The van der Waals surface area contributed by atoms with Gasteiger partial charge in [0.25, 0.3) is 10.1 Å². The van der Waals surface area contributed by atoms with Crippen LogP contribution in [0.3, 0.4) is 0 Å². The Hall–Kier alpha value is -3.43. The normalized spacial score (nSPS) is 11.5. The molecule has 0 fully saturated rings. The quantitative estimate of drug-likeness (QED) is 0.385. The fraction of sp³-hybridized carbons (Fsp3) is 0.143. The standard InChI is InChI=1S/C21H21N3O5S/c1-14-12-20(24-23-16-4-8-17(28-2)9-5-16)21(29-3)13-19(14)22-15-6-10-18(11-7-15)30(25,26)27/h4-13,22H,1-3H3,(H,25,26,27). The summed E-state index contributed by atoms with van der Waals surface area (Å²) in [6, 6.07) is 16.6. The van der Waals surface area contributed by atoms with Gasteiger partial charge in [-0.15, -0.1) is 5.11 Å². The lowest BCUT2D eigenvalue weighted by atomic mass is 10.1. The Morgan fingerprint density at radius 2 is 1.57 bits per heavy atom. The summed E-state index contributed by atoms with van der Waals surface area (Å²) in [4.78, 5) is -0.170. The fourth-order valence-corrected chi connectivity index (χ4v) is 3.16. The van der Waals surface area contributed by atoms with Crippen LogP contribution < -0.4 is 14.8 Å². The first-order valence-electron chi connectivity index (χ1n) is 8.89. The van der Waals surface area contributed by atoms with E-state index in [1.54, 1.807) is 56.7 Å². The van der Waals surface area contributed by atoms with Crippen molar-refractivity contribution in [2.45, 2.75) is 11.8 Å². The van der Waals surface area contributed by atoms with Gasteiger partial charge < -0.3 is 14.8 Å². The summed E-state index contributed by atoms with van der Waals surface area (Å²) in [5.74, 6) is 1.26. The minimum Gasteiger partial charge on any atom is -0.497 e. The molecular formula is C21H21N3O5S. The number of benzene rings is 3. The van der Waals surface area contributed by atoms with Crippen molar-refractivity contribution < 1.29 is 22.4 Å². The van der Waals surface area contributed by atoms with Gasteiger partial charge in [-0.2, -0.15) is 13.5 Å². The third kappa shape index (κ3) is 5.13. The average Bonchev–Trinajstić information content (AvgIpc) is 2.74. The highest BCUT2D eigenvalue weighted by molar-refractivity contribution is 7.85. The van der Waals surface area contributed by atoms with Crippen molar-refractivity contribution in [2.24, 2.45) is 10.2 Å². The second kappa shape index (κ2) is 8.93. The van der Waals surface area contributed by atoms with Gasteiger partial charge in [0.2, 0.25) is 0 Å². The van der Waals surface area contributed by atoms with E-state index in [0.29, 0.717) is 22.8 Å². The number of azo groups is 1. The summed E-state index contributed by atoms with van der Waals surface area (Å²) in [7, 11) is -1.08. The lowest BCUT2D eigenvalue weighted by molar-refractivity contribution is 0.414. The first kappa shape index (κ1) is 21.3. The second-order valence-electron chi connectivity index (χ2n) is 6.36. The first-order chi connectivity index (χ1) is 14.3. The summed E-state index contributed by atoms with van der Waals surface area (Å²) in [5, 5.41) is 11.7. The number of nitrogens with zero attached hydrogens (tertiary/aromatic N) is 2. The molecule has 30 heavy (non-hydrogen) atoms. The van der Waals surface area contributed by atoms with Crippen LogP contribution >= 0.6 is 0 Å². The van der Waals surface area contributed by atoms with E-state index in [2.05, 4.69) is 15.5 Å². The van der Waals surface area contributed by atoms with E-state index >= 15 is 0 Å². The number of anilines is 2. The molecule has 9 heteroatoms. The number of aryl methyl sites for hydroxylation is 1. The van der Waals surface area contributed by atoms with Crippen LogP contribution in [-0.4, -0.2) is 27.2 Å². The fourth-order valence-electron chi connectivity index (χ4n) is 2.68. The van der Waals surface area contributed by atoms with Crippen molar-refractivity contribution in [3.05, 3.63) is 66.2 Å². The monoisotopic (exact) mass is 427 g/mol. The zero-order chi connectivity index (χ0) is 21.7. The van der Waals surface area contributed by atoms with Crippen LogP contribution in [0.5, 0.6) is 11.5 Å². The third-order valence-electron chi connectivity index (χ3n) is 4.30. The number of nitrogens with one attached hydrogen (secondary N) is 1. The van der Waals surface area contributed by atoms with Gasteiger partial charge in [0.15, 0.2) is 0 Å². The van der Waals surface area contributed by atoms with Crippen molar-refractivity contribution in [2.75, 3.05) is 19.5 Å². The number of hydrogen-bond donors (Lipinski definition) is 2. The maximum Gasteiger partial charge on any atom is 0.294 e. The van der Waals surface area contributed by atoms with E-state index < -0.39 is 10.1 Å². The van der Waals surface area contributed by atoms with Crippen molar-refractivity contribution in [1.82, 2.24) is 0 Å². The molecule has 0 atom stereocenters. The zero-order valence-corrected chi connectivity index (χ0v) is 17.5. The first-order valence-corrected chi connectivity index (χ1v) is 10.3. The SMILES string of the molecule is COc1ccc(N=Nc2cc(C)c(Nc3ccc(S(=O)(=O)O)cc3)cc2OC)cc1. The number of hydrogen-bond acceptors (Lipinski definition) is 7. The van der Waals surface area contributed by atoms with Crippen LogP contribution in [0.15, 0.2) is 75.8 Å². The molecule has 0 aliphatic rings. The minimum absolute atomic E-state index is 0.170. The highest BCUT2D eigenvalue weighted by Crippen LogP contribution is 2.36. The van der Waals surface area contributed by atoms with Crippen molar-refractivity contribution >= 4 is 32.9 Å². The lowest BCUT2D eigenvalue weighted by Gasteiger charge is -2.13. The van der Waals surface area contributed by atoms with Crippen molar-refractivity contribution in [3.8, 4) is 11.5 Å². The Balaban J connectivity index is 1.83. The molecule has 3 aromatic carbocycles. The molecule has 0 unspecified atom stereocenters. The maximum absolute atomic E-state index is 11.2. The van der Waals surface area contributed by atoms with E-state index in [1.807, 2.05) is 13.0 Å². The van der Waals surface area contributed by atoms with Crippen LogP contribution in [0.25, 0.3) is 0 Å². The van der Waals surface area contributed by atoms with Crippen LogP contribution in [0.1, 0.15) is 5.56 Å². The molecule has 8 nitrogen and oxygen atoms in total. The number of rotatable bonds is 7. The highest BCUT2D eigenvalue weighted by Gasteiger charge is 2.11. The van der Waals surface area contributed by atoms with Crippen LogP contribution in [0.2, 0.25) is 0 Å². The third-order valence-corrected chi connectivity index (χ3v) is 5.17. The average molecular weight is 427 g/mol. The van der Waals surface area contributed by atoms with Crippen molar-refractivity contribution in [1.29, 1.82) is 0 Å². The van der Waals surface area contributed by atoms with Gasteiger partial charge in [-0.05, 0) is 67.1 Å². The summed E-state index contributed by atoms with van der Waals surface area (Å²) < 4.78 is 42.0. The van der Waals surface area contributed by atoms with Crippen LogP contribution in [-0.2, 0) is 10.1 Å². The van der Waals surface area contributed by atoms with E-state index in [-0.39, 0.29) is 4.90 Å². The molecule has 0 aliphatic heterocycles. The molecule has 156 valence electrons. The number of methoxy groups -OCH3 is 2. The Labute approximate surface area is 174 Å². The maximum atomic E-state index is 11.2. The van der Waals surface area contributed by atoms with Gasteiger partial charge >= 0.3 is 0 Å². The Morgan fingerprint density at radius 3 is 2.13 bits per heavy atom. The Morgan fingerprint density at radius 1 is 0.900 bits per heavy atom. The summed E-state index contributed by atoms with van der Waals surface area (Å²) >= 11 is 0. The van der Waals surface area contributed by atoms with Crippen LogP contribution in [0.4, 0.5) is 22.7 Å². The molecule has 0 aliphatic carbocycles. The molecule has 0 heterocycles. The molecule has 3 aromatic rings. The molecule has 0 saturated carbocycles. The predicted molar refractivity (Wildman–Crippen MR) is 114 cm³/mol. The molecule has 0 aromatic heterocycles. The largest absolute Gasteiger partial charge is 0.497 e. The molecule has 3 rings (SSSR count). The summed E-state index contributed by atoms with van der Waals surface area (Å²) in [6.07, 6.45) is 0. The van der Waals surface area contributed by atoms with E-state index in [9.17, 15) is 8.42 Å². The van der Waals surface area contributed by atoms with Gasteiger partial charge in [-0.1, -0.05) is 0 Å². The van der Waals surface area contributed by atoms with Crippen molar-refractivity contribution in [3.63, 3.8) is 0 Å². The smallest absolute Gasteiger partial charge is 0.294 e. The Bertz CT molecular complexity index is 1160. The molecule has 0 radical (unpaired) electrons. The highest BCUT2D eigenvalue weighted by atomic mass is 32.2. The topological polar surface area (TPSA) is 110 Å². The summed E-state index contributed by atoms with van der Waals surface area (Å²) in [5.41, 5.74) is 3.54. The molecule has 0 bridgehead atoms. The van der Waals surface area contributed by atoms with Crippen LogP contribution in [0, 0.1) is 6.92 Å². The van der Waals surface area contributed by atoms with E-state index in [4.69, 9.17) is 14.0 Å². The molecule has 0 amide bonds. The van der Waals surface area contributed by atoms with E-state index in [0.717, 1.165) is 17.0 Å².